The quantitative estimate of drug-likeness (QED) is 0.803. The Balaban J connectivity index is 2.05. The van der Waals surface area contributed by atoms with Crippen LogP contribution in [-0.4, -0.2) is 23.2 Å². The Hall–Kier alpha value is -0.330. The van der Waals surface area contributed by atoms with E-state index >= 15 is 0 Å². The molecule has 16 heavy (non-hydrogen) atoms. The fourth-order valence-electron chi connectivity index (χ4n) is 1.64. The third-order valence-electron chi connectivity index (χ3n) is 2.62. The van der Waals surface area contributed by atoms with Crippen LogP contribution >= 0.6 is 34.2 Å². The van der Waals surface area contributed by atoms with Crippen molar-refractivity contribution in [2.75, 3.05) is 0 Å². The molecule has 0 bridgehead atoms. The van der Waals surface area contributed by atoms with Crippen LogP contribution in [0.1, 0.15) is 23.2 Å². The molecule has 1 aromatic carbocycles. The average Bonchev–Trinajstić information content (AvgIpc) is 2.19. The highest BCUT2D eigenvalue weighted by atomic mass is 127. The lowest BCUT2D eigenvalue weighted by atomic mass is 9.89. The van der Waals surface area contributed by atoms with Crippen molar-refractivity contribution in [3.8, 4) is 0 Å². The van der Waals surface area contributed by atoms with Crippen LogP contribution in [0.2, 0.25) is 5.02 Å². The van der Waals surface area contributed by atoms with Gasteiger partial charge in [0, 0.05) is 14.6 Å². The summed E-state index contributed by atoms with van der Waals surface area (Å²) in [6.07, 6.45) is 1.02. The van der Waals surface area contributed by atoms with E-state index in [2.05, 4.69) is 27.9 Å². The molecule has 0 atom stereocenters. The van der Waals surface area contributed by atoms with Crippen molar-refractivity contribution in [2.45, 2.75) is 25.0 Å². The van der Waals surface area contributed by atoms with Crippen molar-refractivity contribution in [2.24, 2.45) is 0 Å². The van der Waals surface area contributed by atoms with E-state index in [1.807, 2.05) is 6.07 Å². The molecule has 1 fully saturated rings. The van der Waals surface area contributed by atoms with Gasteiger partial charge in [-0.2, -0.15) is 0 Å². The number of benzene rings is 1. The van der Waals surface area contributed by atoms with Crippen molar-refractivity contribution in [1.82, 2.24) is 5.32 Å². The second-order valence-corrected chi connectivity index (χ2v) is 5.52. The lowest BCUT2D eigenvalue weighted by molar-refractivity contribution is 0.0562. The maximum atomic E-state index is 11.9. The molecule has 5 heteroatoms. The maximum Gasteiger partial charge on any atom is 0.252 e. The van der Waals surface area contributed by atoms with Gasteiger partial charge in [0.2, 0.25) is 0 Å². The molecule has 0 spiro atoms. The van der Waals surface area contributed by atoms with Gasteiger partial charge < -0.3 is 10.4 Å². The fraction of sp³-hybridized carbons (Fsp3) is 0.364. The number of aliphatic hydroxyl groups excluding tert-OH is 1. The molecule has 0 radical (unpaired) electrons. The summed E-state index contributed by atoms with van der Waals surface area (Å²) in [5.74, 6) is -0.121. The first kappa shape index (κ1) is 12.1. The minimum atomic E-state index is -0.260. The predicted molar refractivity (Wildman–Crippen MR) is 70.7 cm³/mol. The van der Waals surface area contributed by atoms with Crippen LogP contribution in [0.15, 0.2) is 18.2 Å². The van der Waals surface area contributed by atoms with Crippen molar-refractivity contribution < 1.29 is 9.90 Å². The van der Waals surface area contributed by atoms with Crippen LogP contribution in [0.25, 0.3) is 0 Å². The van der Waals surface area contributed by atoms with Gasteiger partial charge in [0.25, 0.3) is 5.91 Å². The molecule has 0 unspecified atom stereocenters. The topological polar surface area (TPSA) is 49.3 Å². The van der Waals surface area contributed by atoms with Crippen LogP contribution in [0.5, 0.6) is 0 Å². The van der Waals surface area contributed by atoms with Crippen LogP contribution in [-0.2, 0) is 0 Å². The zero-order chi connectivity index (χ0) is 11.7. The van der Waals surface area contributed by atoms with E-state index in [-0.39, 0.29) is 18.1 Å². The summed E-state index contributed by atoms with van der Waals surface area (Å²) in [7, 11) is 0. The van der Waals surface area contributed by atoms with Crippen LogP contribution in [0, 0.1) is 3.57 Å². The number of carbonyl (C=O) groups excluding carboxylic acids is 1. The number of aliphatic hydroxyl groups is 1. The summed E-state index contributed by atoms with van der Waals surface area (Å²) in [5, 5.41) is 12.6. The summed E-state index contributed by atoms with van der Waals surface area (Å²) < 4.78 is 0.874. The van der Waals surface area contributed by atoms with Gasteiger partial charge >= 0.3 is 0 Å². The molecule has 1 aromatic rings. The van der Waals surface area contributed by atoms with Crippen LogP contribution in [0.4, 0.5) is 0 Å². The number of carbonyl (C=O) groups is 1. The predicted octanol–water partition coefficient (Wildman–Crippen LogP) is 2.20. The summed E-state index contributed by atoms with van der Waals surface area (Å²) in [5.41, 5.74) is 0.592. The Morgan fingerprint density at radius 3 is 2.81 bits per heavy atom. The first-order valence-corrected chi connectivity index (χ1v) is 6.46. The monoisotopic (exact) mass is 351 g/mol. The van der Waals surface area contributed by atoms with E-state index < -0.39 is 0 Å². The Morgan fingerprint density at radius 2 is 2.19 bits per heavy atom. The molecule has 0 aromatic heterocycles. The second-order valence-electron chi connectivity index (χ2n) is 3.92. The molecule has 2 N–H and O–H groups in total. The minimum Gasteiger partial charge on any atom is -0.393 e. The number of nitrogens with one attached hydrogen (secondary N) is 1. The highest BCUT2D eigenvalue weighted by Gasteiger charge is 2.28. The summed E-state index contributed by atoms with van der Waals surface area (Å²) in [6, 6.07) is 5.33. The summed E-state index contributed by atoms with van der Waals surface area (Å²) in [4.78, 5) is 11.9. The largest absolute Gasteiger partial charge is 0.393 e. The van der Waals surface area contributed by atoms with Gasteiger partial charge in [0.05, 0.1) is 11.7 Å². The molecule has 3 nitrogen and oxygen atoms in total. The van der Waals surface area contributed by atoms with Crippen molar-refractivity contribution >= 4 is 40.1 Å². The smallest absolute Gasteiger partial charge is 0.252 e. The van der Waals surface area contributed by atoms with Crippen molar-refractivity contribution in [3.63, 3.8) is 0 Å². The van der Waals surface area contributed by atoms with Crippen molar-refractivity contribution in [1.29, 1.82) is 0 Å². The minimum absolute atomic E-state index is 0.0947. The molecule has 0 saturated heterocycles. The van der Waals surface area contributed by atoms with E-state index in [0.717, 1.165) is 3.57 Å². The average molecular weight is 352 g/mol. The Labute approximate surface area is 112 Å². The molecule has 0 heterocycles. The van der Waals surface area contributed by atoms with E-state index in [1.54, 1.807) is 12.1 Å². The lowest BCUT2D eigenvalue weighted by Gasteiger charge is -2.32. The zero-order valence-electron chi connectivity index (χ0n) is 8.41. The fourth-order valence-corrected chi connectivity index (χ4v) is 2.39. The summed E-state index contributed by atoms with van der Waals surface area (Å²) in [6.45, 7) is 0. The Bertz CT molecular complexity index is 418. The molecule has 2 rings (SSSR count). The van der Waals surface area contributed by atoms with E-state index in [0.29, 0.717) is 23.4 Å². The van der Waals surface area contributed by atoms with Gasteiger partial charge in [-0.05, 0) is 53.6 Å². The third-order valence-corrected chi connectivity index (χ3v) is 3.80. The highest BCUT2D eigenvalue weighted by Crippen LogP contribution is 2.22. The van der Waals surface area contributed by atoms with Crippen LogP contribution in [0.3, 0.4) is 0 Å². The van der Waals surface area contributed by atoms with Gasteiger partial charge in [-0.15, -0.1) is 0 Å². The Morgan fingerprint density at radius 1 is 1.50 bits per heavy atom. The molecule has 0 aliphatic heterocycles. The number of hydrogen-bond donors (Lipinski definition) is 2. The first-order valence-electron chi connectivity index (χ1n) is 5.00. The number of hydrogen-bond acceptors (Lipinski definition) is 2. The number of rotatable bonds is 2. The molecule has 86 valence electrons. The zero-order valence-corrected chi connectivity index (χ0v) is 11.3. The standard InChI is InChI=1S/C11H11ClINO2/c12-6-1-2-10(13)9(3-6)11(16)14-7-4-8(15)5-7/h1-3,7-8,15H,4-5H2,(H,14,16). The van der Waals surface area contributed by atoms with Gasteiger partial charge in [-0.3, -0.25) is 4.79 Å². The van der Waals surface area contributed by atoms with Crippen LogP contribution < -0.4 is 5.32 Å². The molecule has 1 saturated carbocycles. The van der Waals surface area contributed by atoms with Crippen molar-refractivity contribution in [3.05, 3.63) is 32.4 Å². The van der Waals surface area contributed by atoms with Gasteiger partial charge in [-0.1, -0.05) is 11.6 Å². The lowest BCUT2D eigenvalue weighted by Crippen LogP contribution is -2.46. The van der Waals surface area contributed by atoms with Gasteiger partial charge in [0.1, 0.15) is 0 Å². The molecule has 1 aliphatic carbocycles. The molecular weight excluding hydrogens is 340 g/mol. The van der Waals surface area contributed by atoms with E-state index in [4.69, 9.17) is 16.7 Å². The number of halogens is 2. The molecule has 1 aliphatic rings. The van der Waals surface area contributed by atoms with Gasteiger partial charge in [0.15, 0.2) is 0 Å². The SMILES string of the molecule is O=C(NC1CC(O)C1)c1cc(Cl)ccc1I. The Kier molecular flexibility index (Phi) is 3.71. The normalized spacial score (nSPS) is 23.7. The van der Waals surface area contributed by atoms with E-state index in [1.165, 1.54) is 0 Å². The second kappa shape index (κ2) is 4.89. The van der Waals surface area contributed by atoms with E-state index in [9.17, 15) is 4.79 Å². The maximum absolute atomic E-state index is 11.9. The van der Waals surface area contributed by atoms with Gasteiger partial charge in [-0.25, -0.2) is 0 Å². The highest BCUT2D eigenvalue weighted by molar-refractivity contribution is 14.1. The first-order chi connectivity index (χ1) is 7.56. The number of amides is 1. The summed E-state index contributed by atoms with van der Waals surface area (Å²) >= 11 is 7.95. The third kappa shape index (κ3) is 2.67. The molecular formula is C11H11ClINO2. The molecule has 1 amide bonds.